The van der Waals surface area contributed by atoms with E-state index in [2.05, 4.69) is 6.58 Å². The topological polar surface area (TPSA) is 26.3 Å². The molecule has 0 fully saturated rings. The largest absolute Gasteiger partial charge is 0.314 e. The molecule has 0 aromatic rings. The Kier molecular flexibility index (Phi) is 6.42. The molecule has 0 saturated heterocycles. The Morgan fingerprint density at radius 1 is 1.58 bits per heavy atom. The van der Waals surface area contributed by atoms with Gasteiger partial charge in [0.2, 0.25) is 0 Å². The number of hydrogen-bond acceptors (Lipinski definition) is 3. The molecule has 0 aliphatic heterocycles. The summed E-state index contributed by atoms with van der Waals surface area (Å²) in [6.45, 7) is 5.35. The first-order valence-electron chi connectivity index (χ1n) is 3.45. The van der Waals surface area contributed by atoms with Crippen LogP contribution in [-0.4, -0.2) is 13.4 Å². The van der Waals surface area contributed by atoms with E-state index in [0.29, 0.717) is 5.57 Å². The third-order valence-electron chi connectivity index (χ3n) is 1.16. The van der Waals surface area contributed by atoms with Crippen LogP contribution in [0.5, 0.6) is 0 Å². The third kappa shape index (κ3) is 3.55. The van der Waals surface area contributed by atoms with Crippen molar-refractivity contribution >= 4 is 18.3 Å². The van der Waals surface area contributed by atoms with Crippen LogP contribution in [0.3, 0.4) is 0 Å². The Labute approximate surface area is 77.2 Å². The average molecular weight is 184 g/mol. The lowest BCUT2D eigenvalue weighted by Crippen LogP contribution is -1.87. The Bertz CT molecular complexity index is 217. The Balaban J connectivity index is 4.59. The van der Waals surface area contributed by atoms with E-state index in [4.69, 9.17) is 4.18 Å². The molecule has 0 aliphatic rings. The highest BCUT2D eigenvalue weighted by Gasteiger charge is 2.02. The summed E-state index contributed by atoms with van der Waals surface area (Å²) in [5, 5.41) is 0. The second-order valence-corrected chi connectivity index (χ2v) is 2.82. The minimum atomic E-state index is 0.613. The minimum absolute atomic E-state index is 0.613. The summed E-state index contributed by atoms with van der Waals surface area (Å²) < 4.78 is 4.84. The fourth-order valence-corrected chi connectivity index (χ4v) is 1.23. The van der Waals surface area contributed by atoms with E-state index in [1.165, 1.54) is 0 Å². The molecule has 0 bridgehead atoms. The van der Waals surface area contributed by atoms with E-state index >= 15 is 0 Å². The lowest BCUT2D eigenvalue weighted by Gasteiger charge is -2.01. The fourth-order valence-electron chi connectivity index (χ4n) is 0.637. The molecule has 0 spiro atoms. The molecule has 0 aliphatic carbocycles. The highest BCUT2D eigenvalue weighted by molar-refractivity contribution is 7.98. The van der Waals surface area contributed by atoms with Crippen molar-refractivity contribution in [3.63, 3.8) is 0 Å². The number of hydrogen-bond donors (Lipinski definition) is 0. The smallest absolute Gasteiger partial charge is 0.150 e. The lowest BCUT2D eigenvalue weighted by molar-refractivity contribution is -0.104. The molecule has 12 heavy (non-hydrogen) atoms. The number of carbonyl (C=O) groups is 1. The summed E-state index contributed by atoms with van der Waals surface area (Å²) in [5.41, 5.74) is 0.613. The Hall–Kier alpha value is -0.800. The molecule has 0 N–H and O–H groups in total. The summed E-state index contributed by atoms with van der Waals surface area (Å²) in [6.07, 6.45) is 5.88. The monoisotopic (exact) mass is 184 g/mol. The molecule has 0 heterocycles. The number of rotatable bonds is 5. The van der Waals surface area contributed by atoms with Gasteiger partial charge >= 0.3 is 0 Å². The van der Waals surface area contributed by atoms with Gasteiger partial charge in [0.15, 0.2) is 6.29 Å². The zero-order valence-corrected chi connectivity index (χ0v) is 8.06. The third-order valence-corrected chi connectivity index (χ3v) is 1.88. The van der Waals surface area contributed by atoms with Gasteiger partial charge in [-0.1, -0.05) is 18.7 Å². The summed E-state index contributed by atoms with van der Waals surface area (Å²) in [5.74, 6) is 0. The van der Waals surface area contributed by atoms with E-state index in [-0.39, 0.29) is 0 Å². The Morgan fingerprint density at radius 2 is 2.25 bits per heavy atom. The van der Waals surface area contributed by atoms with Crippen molar-refractivity contribution in [2.45, 2.75) is 6.92 Å². The van der Waals surface area contributed by atoms with Gasteiger partial charge < -0.3 is 4.18 Å². The molecular formula is C9H12O2S. The predicted molar refractivity (Wildman–Crippen MR) is 52.7 cm³/mol. The SMILES string of the molecule is C=C/C=C(SOC)\C(C=O)=C/C. The van der Waals surface area contributed by atoms with Gasteiger partial charge in [-0.25, -0.2) is 0 Å². The highest BCUT2D eigenvalue weighted by atomic mass is 32.2. The van der Waals surface area contributed by atoms with E-state index in [1.54, 1.807) is 32.3 Å². The van der Waals surface area contributed by atoms with Crippen LogP contribution in [0, 0.1) is 0 Å². The molecule has 3 heteroatoms. The molecule has 66 valence electrons. The number of allylic oxidation sites excluding steroid dienone is 4. The van der Waals surface area contributed by atoms with Crippen molar-refractivity contribution in [2.24, 2.45) is 0 Å². The maximum Gasteiger partial charge on any atom is 0.150 e. The zero-order valence-electron chi connectivity index (χ0n) is 7.24. The van der Waals surface area contributed by atoms with Gasteiger partial charge in [0, 0.05) is 22.5 Å². The second-order valence-electron chi connectivity index (χ2n) is 1.88. The maximum absolute atomic E-state index is 10.5. The second kappa shape index (κ2) is 6.88. The zero-order chi connectivity index (χ0) is 9.40. The molecule has 0 atom stereocenters. The molecule has 0 amide bonds. The first-order valence-corrected chi connectivity index (χ1v) is 4.19. The quantitative estimate of drug-likeness (QED) is 0.284. The lowest BCUT2D eigenvalue weighted by atomic mass is 10.2. The standard InChI is InChI=1S/C9H12O2S/c1-4-6-9(12-11-3)8(5-2)7-10/h4-7H,1H2,2-3H3/b8-5-,9-6+. The first-order chi connectivity index (χ1) is 5.79. The molecule has 2 nitrogen and oxygen atoms in total. The van der Waals surface area contributed by atoms with Crippen LogP contribution in [-0.2, 0) is 8.98 Å². The van der Waals surface area contributed by atoms with Gasteiger partial charge in [0.25, 0.3) is 0 Å². The average Bonchev–Trinajstić information content (AvgIpc) is 2.07. The van der Waals surface area contributed by atoms with Crippen LogP contribution in [0.15, 0.2) is 35.3 Å². The highest BCUT2D eigenvalue weighted by Crippen LogP contribution is 2.22. The molecule has 0 aromatic carbocycles. The van der Waals surface area contributed by atoms with Crippen LogP contribution in [0.4, 0.5) is 0 Å². The predicted octanol–water partition coefficient (Wildman–Crippen LogP) is 2.50. The molecular weight excluding hydrogens is 172 g/mol. The number of carbonyl (C=O) groups excluding carboxylic acids is 1. The van der Waals surface area contributed by atoms with Gasteiger partial charge in [0.05, 0.1) is 7.11 Å². The van der Waals surface area contributed by atoms with Crippen LogP contribution in [0.2, 0.25) is 0 Å². The van der Waals surface area contributed by atoms with Crippen molar-refractivity contribution in [1.29, 1.82) is 0 Å². The van der Waals surface area contributed by atoms with Crippen LogP contribution >= 0.6 is 12.0 Å². The van der Waals surface area contributed by atoms with Gasteiger partial charge in [-0.2, -0.15) is 0 Å². The van der Waals surface area contributed by atoms with Crippen molar-refractivity contribution in [2.75, 3.05) is 7.11 Å². The summed E-state index contributed by atoms with van der Waals surface area (Å²) in [6, 6.07) is 0. The van der Waals surface area contributed by atoms with E-state index in [9.17, 15) is 4.79 Å². The maximum atomic E-state index is 10.5. The first kappa shape index (κ1) is 11.2. The molecule has 0 radical (unpaired) electrons. The normalized spacial score (nSPS) is 12.8. The van der Waals surface area contributed by atoms with Crippen molar-refractivity contribution in [3.05, 3.63) is 35.3 Å². The summed E-state index contributed by atoms with van der Waals surface area (Å²) >= 11 is 1.15. The molecule has 0 unspecified atom stereocenters. The van der Waals surface area contributed by atoms with Crippen LogP contribution in [0.25, 0.3) is 0 Å². The summed E-state index contributed by atoms with van der Waals surface area (Å²) in [7, 11) is 1.56. The van der Waals surface area contributed by atoms with E-state index in [0.717, 1.165) is 23.2 Å². The van der Waals surface area contributed by atoms with Crippen molar-refractivity contribution in [3.8, 4) is 0 Å². The van der Waals surface area contributed by atoms with Gasteiger partial charge in [0.1, 0.15) is 0 Å². The number of aldehydes is 1. The summed E-state index contributed by atoms with van der Waals surface area (Å²) in [4.78, 5) is 11.3. The van der Waals surface area contributed by atoms with E-state index in [1.807, 2.05) is 0 Å². The van der Waals surface area contributed by atoms with Crippen molar-refractivity contribution in [1.82, 2.24) is 0 Å². The van der Waals surface area contributed by atoms with Gasteiger partial charge in [-0.3, -0.25) is 4.79 Å². The van der Waals surface area contributed by atoms with Gasteiger partial charge in [-0.15, -0.1) is 0 Å². The molecule has 0 rings (SSSR count). The van der Waals surface area contributed by atoms with E-state index < -0.39 is 0 Å². The van der Waals surface area contributed by atoms with Crippen LogP contribution < -0.4 is 0 Å². The van der Waals surface area contributed by atoms with Crippen molar-refractivity contribution < 1.29 is 8.98 Å². The molecule has 0 saturated carbocycles. The van der Waals surface area contributed by atoms with Gasteiger partial charge in [-0.05, 0) is 13.0 Å². The Morgan fingerprint density at radius 3 is 2.58 bits per heavy atom. The van der Waals surface area contributed by atoms with Crippen LogP contribution in [0.1, 0.15) is 6.92 Å². The minimum Gasteiger partial charge on any atom is -0.314 e. The molecule has 0 aromatic heterocycles. The fraction of sp³-hybridized carbons (Fsp3) is 0.222.